The van der Waals surface area contributed by atoms with Crippen molar-refractivity contribution in [3.05, 3.63) is 29.2 Å². The number of benzene rings is 1. The van der Waals surface area contributed by atoms with Crippen LogP contribution in [0.25, 0.3) is 0 Å². The Morgan fingerprint density at radius 2 is 2.18 bits per heavy atom. The van der Waals surface area contributed by atoms with E-state index in [2.05, 4.69) is 9.90 Å². The highest BCUT2D eigenvalue weighted by Crippen LogP contribution is 2.26. The summed E-state index contributed by atoms with van der Waals surface area (Å²) < 4.78 is 2.88. The summed E-state index contributed by atoms with van der Waals surface area (Å²) in [6, 6.07) is 7.19. The van der Waals surface area contributed by atoms with Gasteiger partial charge in [-0.25, -0.2) is 0 Å². The molecule has 11 heavy (non-hydrogen) atoms. The van der Waals surface area contributed by atoms with E-state index in [1.165, 1.54) is 11.9 Å². The molecule has 1 N–H and O–H groups in total. The van der Waals surface area contributed by atoms with Gasteiger partial charge in [-0.15, -0.1) is 4.91 Å². The zero-order valence-electron chi connectivity index (χ0n) is 6.07. The average molecular weight is 168 g/mol. The number of rotatable bonds is 3. The third kappa shape index (κ3) is 2.03. The molecule has 1 aromatic carbocycles. The normalized spacial score (nSPS) is 9.55. The minimum atomic E-state index is 0.479. The van der Waals surface area contributed by atoms with Crippen molar-refractivity contribution >= 4 is 17.6 Å². The molecule has 3 nitrogen and oxygen atoms in total. The topological polar surface area (TPSA) is 41.5 Å². The van der Waals surface area contributed by atoms with E-state index in [1.54, 1.807) is 19.2 Å². The summed E-state index contributed by atoms with van der Waals surface area (Å²) in [4.78, 5) is 11.1. The third-order valence-corrected chi connectivity index (χ3v) is 1.94. The highest BCUT2D eigenvalue weighted by molar-refractivity contribution is 7.97. The lowest BCUT2D eigenvalue weighted by molar-refractivity contribution is 1.26. The van der Waals surface area contributed by atoms with E-state index in [1.807, 2.05) is 12.1 Å². The van der Waals surface area contributed by atoms with Crippen LogP contribution in [0.2, 0.25) is 0 Å². The molecule has 0 saturated carbocycles. The lowest BCUT2D eigenvalue weighted by Crippen LogP contribution is -1.89. The fourth-order valence-corrected chi connectivity index (χ4v) is 1.31. The maximum Gasteiger partial charge on any atom is 0.122 e. The molecular formula is C7H8N2OS. The SMILES string of the molecule is CNSc1ccccc1N=O. The molecule has 0 fully saturated rings. The van der Waals surface area contributed by atoms with Crippen molar-refractivity contribution in [2.45, 2.75) is 4.90 Å². The van der Waals surface area contributed by atoms with Crippen molar-refractivity contribution in [3.8, 4) is 0 Å². The first kappa shape index (κ1) is 8.23. The van der Waals surface area contributed by atoms with E-state index in [9.17, 15) is 4.91 Å². The number of nitroso groups, excluding NO2 is 1. The molecule has 0 radical (unpaired) electrons. The molecule has 0 heterocycles. The van der Waals surface area contributed by atoms with Crippen LogP contribution < -0.4 is 4.72 Å². The molecule has 0 aliphatic heterocycles. The summed E-state index contributed by atoms with van der Waals surface area (Å²) in [5, 5.41) is 2.88. The van der Waals surface area contributed by atoms with E-state index >= 15 is 0 Å². The Morgan fingerprint density at radius 1 is 1.45 bits per heavy atom. The highest BCUT2D eigenvalue weighted by Gasteiger charge is 1.99. The van der Waals surface area contributed by atoms with Gasteiger partial charge in [0.2, 0.25) is 0 Å². The maximum absolute atomic E-state index is 10.2. The summed E-state index contributed by atoms with van der Waals surface area (Å²) in [5.74, 6) is 0. The van der Waals surface area contributed by atoms with Gasteiger partial charge in [-0.3, -0.25) is 4.72 Å². The predicted molar refractivity (Wildman–Crippen MR) is 46.8 cm³/mol. The molecule has 0 unspecified atom stereocenters. The van der Waals surface area contributed by atoms with E-state index in [0.717, 1.165) is 4.90 Å². The zero-order valence-corrected chi connectivity index (χ0v) is 6.89. The second-order valence-electron chi connectivity index (χ2n) is 1.87. The van der Waals surface area contributed by atoms with E-state index in [0.29, 0.717) is 5.69 Å². The van der Waals surface area contributed by atoms with E-state index in [4.69, 9.17) is 0 Å². The van der Waals surface area contributed by atoms with Gasteiger partial charge in [0.25, 0.3) is 0 Å². The van der Waals surface area contributed by atoms with Gasteiger partial charge >= 0.3 is 0 Å². The smallest absolute Gasteiger partial charge is 0.122 e. The van der Waals surface area contributed by atoms with Crippen LogP contribution in [0.5, 0.6) is 0 Å². The van der Waals surface area contributed by atoms with E-state index in [-0.39, 0.29) is 0 Å². The number of nitrogens with zero attached hydrogens (tertiary/aromatic N) is 1. The van der Waals surface area contributed by atoms with Crippen LogP contribution in [-0.2, 0) is 0 Å². The van der Waals surface area contributed by atoms with Crippen molar-refractivity contribution in [2.24, 2.45) is 5.18 Å². The Morgan fingerprint density at radius 3 is 2.82 bits per heavy atom. The van der Waals surface area contributed by atoms with Crippen LogP contribution in [0.4, 0.5) is 5.69 Å². The Kier molecular flexibility index (Phi) is 3.07. The predicted octanol–water partition coefficient (Wildman–Crippen LogP) is 2.31. The maximum atomic E-state index is 10.2. The van der Waals surface area contributed by atoms with E-state index < -0.39 is 0 Å². The molecular weight excluding hydrogens is 160 g/mol. The average Bonchev–Trinajstić information content (AvgIpc) is 2.06. The first-order valence-corrected chi connectivity index (χ1v) is 3.96. The molecule has 1 aromatic rings. The third-order valence-electron chi connectivity index (χ3n) is 1.18. The van der Waals surface area contributed by atoms with Crippen LogP contribution in [0.1, 0.15) is 0 Å². The van der Waals surface area contributed by atoms with Crippen LogP contribution in [0.15, 0.2) is 34.3 Å². The van der Waals surface area contributed by atoms with Gasteiger partial charge in [-0.1, -0.05) is 12.1 Å². The second-order valence-corrected chi connectivity index (χ2v) is 2.92. The molecule has 58 valence electrons. The second kappa shape index (κ2) is 4.10. The molecule has 4 heteroatoms. The van der Waals surface area contributed by atoms with Crippen molar-refractivity contribution in [1.82, 2.24) is 4.72 Å². The summed E-state index contributed by atoms with van der Waals surface area (Å²) in [5.41, 5.74) is 0.479. The standard InChI is InChI=1S/C7H8N2OS/c1-8-11-7-5-3-2-4-6(7)9-10/h2-5,8H,1H3. The molecule has 0 spiro atoms. The van der Waals surface area contributed by atoms with Gasteiger partial charge in [-0.2, -0.15) is 0 Å². The Labute approximate surface area is 69.3 Å². The lowest BCUT2D eigenvalue weighted by Gasteiger charge is -1.98. The summed E-state index contributed by atoms with van der Waals surface area (Å²) in [6.45, 7) is 0. The number of hydrogen-bond acceptors (Lipinski definition) is 4. The Balaban J connectivity index is 2.92. The Hall–Kier alpha value is -0.870. The minimum Gasteiger partial charge on any atom is -0.263 e. The van der Waals surface area contributed by atoms with Crippen molar-refractivity contribution < 1.29 is 0 Å². The van der Waals surface area contributed by atoms with Crippen LogP contribution in [0, 0.1) is 4.91 Å². The van der Waals surface area contributed by atoms with Gasteiger partial charge in [0.05, 0.1) is 4.90 Å². The molecule has 0 bridgehead atoms. The quantitative estimate of drug-likeness (QED) is 0.556. The van der Waals surface area contributed by atoms with Gasteiger partial charge in [0, 0.05) is 0 Å². The van der Waals surface area contributed by atoms with Gasteiger partial charge in [0.1, 0.15) is 5.69 Å². The van der Waals surface area contributed by atoms with Crippen molar-refractivity contribution in [3.63, 3.8) is 0 Å². The molecule has 0 aliphatic carbocycles. The largest absolute Gasteiger partial charge is 0.263 e. The monoisotopic (exact) mass is 168 g/mol. The number of hydrogen-bond donors (Lipinski definition) is 1. The lowest BCUT2D eigenvalue weighted by atomic mass is 10.3. The zero-order chi connectivity index (χ0) is 8.10. The Bertz CT molecular complexity index is 252. The highest BCUT2D eigenvalue weighted by atomic mass is 32.2. The summed E-state index contributed by atoms with van der Waals surface area (Å²) in [7, 11) is 1.80. The summed E-state index contributed by atoms with van der Waals surface area (Å²) >= 11 is 1.38. The molecule has 0 atom stereocenters. The molecule has 0 amide bonds. The molecule has 0 aromatic heterocycles. The molecule has 0 saturated heterocycles. The van der Waals surface area contributed by atoms with Gasteiger partial charge < -0.3 is 0 Å². The first-order valence-electron chi connectivity index (χ1n) is 3.14. The number of nitrogens with one attached hydrogen (secondary N) is 1. The fraction of sp³-hybridized carbons (Fsp3) is 0.143. The molecule has 0 aliphatic rings. The van der Waals surface area contributed by atoms with Crippen LogP contribution in [0.3, 0.4) is 0 Å². The van der Waals surface area contributed by atoms with Crippen LogP contribution in [-0.4, -0.2) is 7.05 Å². The fourth-order valence-electron chi connectivity index (χ4n) is 0.729. The first-order chi connectivity index (χ1) is 5.38. The van der Waals surface area contributed by atoms with Crippen molar-refractivity contribution in [1.29, 1.82) is 0 Å². The molecule has 1 rings (SSSR count). The van der Waals surface area contributed by atoms with Gasteiger partial charge in [0.15, 0.2) is 0 Å². The van der Waals surface area contributed by atoms with Gasteiger partial charge in [-0.05, 0) is 36.3 Å². The van der Waals surface area contributed by atoms with Crippen molar-refractivity contribution in [2.75, 3.05) is 7.05 Å². The minimum absolute atomic E-state index is 0.479. The summed E-state index contributed by atoms with van der Waals surface area (Å²) in [6.07, 6.45) is 0. The van der Waals surface area contributed by atoms with Crippen LogP contribution >= 0.6 is 11.9 Å².